The second-order valence-corrected chi connectivity index (χ2v) is 5.51. The molecule has 1 unspecified atom stereocenters. The maximum atomic E-state index is 11.8. The molecule has 3 rings (SSSR count). The van der Waals surface area contributed by atoms with Crippen molar-refractivity contribution in [1.82, 2.24) is 14.9 Å². The molecule has 0 aromatic carbocycles. The molecule has 1 saturated carbocycles. The van der Waals surface area contributed by atoms with Crippen molar-refractivity contribution in [3.63, 3.8) is 0 Å². The standard InChI is InChI=1S/C13H19N3O2/c1-16-6-3-9(8-16)10-7-14-11(15-10)13(4-5-13)12(17)18-2/h7,9H,3-6,8H2,1-2H3,(H,14,15). The summed E-state index contributed by atoms with van der Waals surface area (Å²) in [5.74, 6) is 1.15. The Morgan fingerprint density at radius 2 is 2.39 bits per heavy atom. The summed E-state index contributed by atoms with van der Waals surface area (Å²) in [6.07, 6.45) is 4.74. The van der Waals surface area contributed by atoms with Crippen LogP contribution in [0.4, 0.5) is 0 Å². The number of nitrogens with one attached hydrogen (secondary N) is 1. The van der Waals surface area contributed by atoms with Crippen molar-refractivity contribution in [2.75, 3.05) is 27.2 Å². The number of likely N-dealkylation sites (tertiary alicyclic amines) is 1. The highest BCUT2D eigenvalue weighted by molar-refractivity contribution is 5.85. The van der Waals surface area contributed by atoms with Crippen molar-refractivity contribution in [2.45, 2.75) is 30.6 Å². The lowest BCUT2D eigenvalue weighted by atomic mass is 10.1. The number of methoxy groups -OCH3 is 1. The van der Waals surface area contributed by atoms with Crippen LogP contribution in [0.1, 0.15) is 36.7 Å². The Balaban J connectivity index is 1.80. The highest BCUT2D eigenvalue weighted by Crippen LogP contribution is 2.48. The van der Waals surface area contributed by atoms with Crippen molar-refractivity contribution < 1.29 is 9.53 Å². The zero-order chi connectivity index (χ0) is 12.8. The van der Waals surface area contributed by atoms with Gasteiger partial charge in [-0.25, -0.2) is 4.98 Å². The van der Waals surface area contributed by atoms with Gasteiger partial charge < -0.3 is 14.6 Å². The zero-order valence-electron chi connectivity index (χ0n) is 10.9. The van der Waals surface area contributed by atoms with E-state index in [9.17, 15) is 4.79 Å². The fraction of sp³-hybridized carbons (Fsp3) is 0.692. The highest BCUT2D eigenvalue weighted by Gasteiger charge is 2.55. The van der Waals surface area contributed by atoms with E-state index in [0.29, 0.717) is 5.92 Å². The van der Waals surface area contributed by atoms with Gasteiger partial charge in [0.05, 0.1) is 7.11 Å². The summed E-state index contributed by atoms with van der Waals surface area (Å²) in [6, 6.07) is 0. The van der Waals surface area contributed by atoms with Gasteiger partial charge in [-0.15, -0.1) is 0 Å². The summed E-state index contributed by atoms with van der Waals surface area (Å²) in [7, 11) is 3.58. The van der Waals surface area contributed by atoms with Crippen LogP contribution in [-0.4, -0.2) is 48.1 Å². The Bertz CT molecular complexity index is 465. The van der Waals surface area contributed by atoms with Gasteiger partial charge in [-0.1, -0.05) is 0 Å². The van der Waals surface area contributed by atoms with Gasteiger partial charge in [0.1, 0.15) is 11.2 Å². The molecule has 0 amide bonds. The van der Waals surface area contributed by atoms with Crippen LogP contribution in [0, 0.1) is 0 Å². The lowest BCUT2D eigenvalue weighted by molar-refractivity contribution is -0.143. The molecular formula is C13H19N3O2. The molecule has 5 nitrogen and oxygen atoms in total. The van der Waals surface area contributed by atoms with Crippen LogP contribution in [-0.2, 0) is 14.9 Å². The lowest BCUT2D eigenvalue weighted by Crippen LogP contribution is -2.23. The van der Waals surface area contributed by atoms with Crippen LogP contribution in [0.2, 0.25) is 0 Å². The quantitative estimate of drug-likeness (QED) is 0.813. The van der Waals surface area contributed by atoms with Crippen molar-refractivity contribution in [3.8, 4) is 0 Å². The fourth-order valence-electron chi connectivity index (χ4n) is 2.83. The Kier molecular flexibility index (Phi) is 2.66. The normalized spacial score (nSPS) is 26.2. The summed E-state index contributed by atoms with van der Waals surface area (Å²) in [4.78, 5) is 21.9. The van der Waals surface area contributed by atoms with E-state index in [1.807, 2.05) is 6.20 Å². The van der Waals surface area contributed by atoms with E-state index in [-0.39, 0.29) is 5.97 Å². The fourth-order valence-corrected chi connectivity index (χ4v) is 2.83. The Hall–Kier alpha value is -1.36. The number of H-pyrrole nitrogens is 1. The monoisotopic (exact) mass is 249 g/mol. The number of aromatic amines is 1. The summed E-state index contributed by atoms with van der Waals surface area (Å²) in [5, 5.41) is 0. The number of carbonyl (C=O) groups excluding carboxylic acids is 1. The molecule has 1 atom stereocenters. The number of aromatic nitrogens is 2. The molecule has 2 heterocycles. The molecule has 1 aliphatic heterocycles. The molecule has 1 aromatic heterocycles. The SMILES string of the molecule is COC(=O)C1(c2ncc(C3CCN(C)C3)[nH]2)CC1. The highest BCUT2D eigenvalue weighted by atomic mass is 16.5. The second kappa shape index (κ2) is 4.09. The molecule has 1 aliphatic carbocycles. The third-order valence-electron chi connectivity index (χ3n) is 4.21. The van der Waals surface area contributed by atoms with Crippen LogP contribution in [0.5, 0.6) is 0 Å². The zero-order valence-corrected chi connectivity index (χ0v) is 10.9. The summed E-state index contributed by atoms with van der Waals surface area (Å²) in [6.45, 7) is 2.19. The number of rotatable bonds is 3. The van der Waals surface area contributed by atoms with E-state index in [1.54, 1.807) is 0 Å². The number of esters is 1. The first-order valence-electron chi connectivity index (χ1n) is 6.48. The summed E-state index contributed by atoms with van der Waals surface area (Å²) in [5.41, 5.74) is 0.682. The molecular weight excluding hydrogens is 230 g/mol. The van der Waals surface area contributed by atoms with Crippen LogP contribution in [0.3, 0.4) is 0 Å². The van der Waals surface area contributed by atoms with E-state index in [0.717, 1.165) is 43.9 Å². The molecule has 1 N–H and O–H groups in total. The van der Waals surface area contributed by atoms with E-state index in [4.69, 9.17) is 4.74 Å². The largest absolute Gasteiger partial charge is 0.468 e. The average molecular weight is 249 g/mol. The van der Waals surface area contributed by atoms with Crippen molar-refractivity contribution in [2.24, 2.45) is 0 Å². The summed E-state index contributed by atoms with van der Waals surface area (Å²) >= 11 is 0. The molecule has 18 heavy (non-hydrogen) atoms. The van der Waals surface area contributed by atoms with E-state index < -0.39 is 5.41 Å². The molecule has 1 saturated heterocycles. The lowest BCUT2D eigenvalue weighted by Gasteiger charge is -2.10. The Morgan fingerprint density at radius 1 is 1.61 bits per heavy atom. The maximum Gasteiger partial charge on any atom is 0.319 e. The summed E-state index contributed by atoms with van der Waals surface area (Å²) < 4.78 is 4.88. The number of hydrogen-bond acceptors (Lipinski definition) is 4. The minimum atomic E-state index is -0.475. The van der Waals surface area contributed by atoms with Crippen molar-refractivity contribution >= 4 is 5.97 Å². The molecule has 2 aliphatic rings. The van der Waals surface area contributed by atoms with Gasteiger partial charge in [0.25, 0.3) is 0 Å². The van der Waals surface area contributed by atoms with Crippen LogP contribution in [0.25, 0.3) is 0 Å². The number of imidazole rings is 1. The molecule has 0 radical (unpaired) electrons. The Labute approximate surface area is 107 Å². The number of nitrogens with zero attached hydrogens (tertiary/aromatic N) is 2. The van der Waals surface area contributed by atoms with Crippen LogP contribution in [0.15, 0.2) is 6.20 Å². The van der Waals surface area contributed by atoms with Gasteiger partial charge in [0, 0.05) is 24.4 Å². The maximum absolute atomic E-state index is 11.8. The minimum absolute atomic E-state index is 0.160. The molecule has 5 heteroatoms. The van der Waals surface area contributed by atoms with Gasteiger partial charge in [-0.05, 0) is 32.9 Å². The van der Waals surface area contributed by atoms with E-state index >= 15 is 0 Å². The van der Waals surface area contributed by atoms with E-state index in [2.05, 4.69) is 21.9 Å². The Morgan fingerprint density at radius 3 is 2.94 bits per heavy atom. The molecule has 98 valence electrons. The predicted octanol–water partition coefficient (Wildman–Crippen LogP) is 1.03. The van der Waals surface area contributed by atoms with E-state index in [1.165, 1.54) is 7.11 Å². The molecule has 2 fully saturated rings. The van der Waals surface area contributed by atoms with Crippen molar-refractivity contribution in [3.05, 3.63) is 17.7 Å². The van der Waals surface area contributed by atoms with Gasteiger partial charge in [-0.2, -0.15) is 0 Å². The second-order valence-electron chi connectivity index (χ2n) is 5.51. The van der Waals surface area contributed by atoms with Gasteiger partial charge >= 0.3 is 5.97 Å². The van der Waals surface area contributed by atoms with Crippen LogP contribution < -0.4 is 0 Å². The topological polar surface area (TPSA) is 58.2 Å². The van der Waals surface area contributed by atoms with Crippen LogP contribution >= 0.6 is 0 Å². The first-order valence-corrected chi connectivity index (χ1v) is 6.48. The number of carbonyl (C=O) groups is 1. The van der Waals surface area contributed by atoms with Gasteiger partial charge in [0.2, 0.25) is 0 Å². The third-order valence-corrected chi connectivity index (χ3v) is 4.21. The number of ether oxygens (including phenoxy) is 1. The number of hydrogen-bond donors (Lipinski definition) is 1. The smallest absolute Gasteiger partial charge is 0.319 e. The first-order chi connectivity index (χ1) is 8.65. The first kappa shape index (κ1) is 11.7. The predicted molar refractivity (Wildman–Crippen MR) is 66.4 cm³/mol. The molecule has 0 spiro atoms. The van der Waals surface area contributed by atoms with Gasteiger partial charge in [0.15, 0.2) is 0 Å². The molecule has 1 aromatic rings. The van der Waals surface area contributed by atoms with Gasteiger partial charge in [-0.3, -0.25) is 4.79 Å². The average Bonchev–Trinajstić information content (AvgIpc) is 2.84. The minimum Gasteiger partial charge on any atom is -0.468 e. The number of likely N-dealkylation sites (N-methyl/N-ethyl adjacent to an activating group) is 1. The van der Waals surface area contributed by atoms with Crippen molar-refractivity contribution in [1.29, 1.82) is 0 Å². The molecule has 0 bridgehead atoms. The third kappa shape index (κ3) is 1.73.